The lowest BCUT2D eigenvalue weighted by atomic mass is 9.80. The summed E-state index contributed by atoms with van der Waals surface area (Å²) in [5.74, 6) is 0.530. The van der Waals surface area contributed by atoms with Gasteiger partial charge in [-0.3, -0.25) is 14.7 Å². The van der Waals surface area contributed by atoms with Crippen LogP contribution in [0.4, 0.5) is 5.69 Å². The molecule has 1 aromatic heterocycles. The highest BCUT2D eigenvalue weighted by Crippen LogP contribution is 2.33. The van der Waals surface area contributed by atoms with Crippen molar-refractivity contribution < 1.29 is 9.53 Å². The molecule has 29 heavy (non-hydrogen) atoms. The highest BCUT2D eigenvalue weighted by molar-refractivity contribution is 5.93. The third-order valence-electron chi connectivity index (χ3n) is 5.72. The minimum atomic E-state index is -0.157. The summed E-state index contributed by atoms with van der Waals surface area (Å²) in [6.45, 7) is 7.28. The van der Waals surface area contributed by atoms with Crippen LogP contribution in [0, 0.1) is 0 Å². The van der Waals surface area contributed by atoms with Gasteiger partial charge in [-0.05, 0) is 31.9 Å². The van der Waals surface area contributed by atoms with E-state index < -0.39 is 0 Å². The lowest BCUT2D eigenvalue weighted by molar-refractivity contribution is -0.114. The predicted octanol–water partition coefficient (Wildman–Crippen LogP) is 1.61. The smallest absolute Gasteiger partial charge is 0.246 e. The lowest BCUT2D eigenvalue weighted by Crippen LogP contribution is -2.60. The molecule has 0 aromatic carbocycles. The molecule has 8 nitrogen and oxygen atoms in total. The van der Waals surface area contributed by atoms with Gasteiger partial charge in [0.25, 0.3) is 0 Å². The largest absolute Gasteiger partial charge is 0.379 e. The van der Waals surface area contributed by atoms with Crippen molar-refractivity contribution in [2.75, 3.05) is 51.3 Å². The van der Waals surface area contributed by atoms with Gasteiger partial charge in [0.15, 0.2) is 5.96 Å². The van der Waals surface area contributed by atoms with E-state index in [0.717, 1.165) is 39.4 Å². The SMILES string of the molecule is CCNC(=NCC(=O)Nc1cccnc1)NCC1(N2CCOCC2)CCCCC1. The van der Waals surface area contributed by atoms with Crippen LogP contribution in [0.25, 0.3) is 0 Å². The average molecular weight is 403 g/mol. The standard InChI is InChI=1S/C21H34N6O2/c1-2-23-20(24-16-19(28)26-18-7-6-10-22-15-18)25-17-21(8-4-3-5-9-21)27-11-13-29-14-12-27/h6-7,10,15H,2-5,8-9,11-14,16-17H2,1H3,(H,26,28)(H2,23,24,25). The molecule has 0 radical (unpaired) electrons. The molecule has 1 saturated carbocycles. The quantitative estimate of drug-likeness (QED) is 0.474. The summed E-state index contributed by atoms with van der Waals surface area (Å²) in [7, 11) is 0. The van der Waals surface area contributed by atoms with Crippen molar-refractivity contribution in [1.29, 1.82) is 0 Å². The van der Waals surface area contributed by atoms with E-state index in [1.165, 1.54) is 32.1 Å². The number of carbonyl (C=O) groups is 1. The van der Waals surface area contributed by atoms with Gasteiger partial charge in [-0.25, -0.2) is 4.99 Å². The topological polar surface area (TPSA) is 90.9 Å². The van der Waals surface area contributed by atoms with Crippen LogP contribution in [0.1, 0.15) is 39.0 Å². The molecule has 0 spiro atoms. The van der Waals surface area contributed by atoms with Crippen LogP contribution in [0.15, 0.2) is 29.5 Å². The van der Waals surface area contributed by atoms with E-state index in [0.29, 0.717) is 11.6 Å². The maximum absolute atomic E-state index is 12.2. The average Bonchev–Trinajstić information content (AvgIpc) is 2.77. The number of ether oxygens (including phenoxy) is 1. The summed E-state index contributed by atoms with van der Waals surface area (Å²) in [4.78, 5) is 23.3. The number of anilines is 1. The van der Waals surface area contributed by atoms with E-state index in [1.54, 1.807) is 18.5 Å². The number of amides is 1. The Labute approximate surface area is 173 Å². The van der Waals surface area contributed by atoms with Crippen LogP contribution in [-0.4, -0.2) is 73.2 Å². The van der Waals surface area contributed by atoms with E-state index in [1.807, 2.05) is 13.0 Å². The van der Waals surface area contributed by atoms with Gasteiger partial charge in [-0.1, -0.05) is 19.3 Å². The molecule has 2 fully saturated rings. The summed E-state index contributed by atoms with van der Waals surface area (Å²) < 4.78 is 5.57. The second-order valence-corrected chi connectivity index (χ2v) is 7.72. The molecule has 2 heterocycles. The minimum Gasteiger partial charge on any atom is -0.379 e. The molecule has 0 atom stereocenters. The van der Waals surface area contributed by atoms with E-state index in [4.69, 9.17) is 4.74 Å². The van der Waals surface area contributed by atoms with E-state index >= 15 is 0 Å². The number of morpholine rings is 1. The highest BCUT2D eigenvalue weighted by Gasteiger charge is 2.38. The summed E-state index contributed by atoms with van der Waals surface area (Å²) >= 11 is 0. The molecule has 3 N–H and O–H groups in total. The van der Waals surface area contributed by atoms with Gasteiger partial charge in [-0.15, -0.1) is 0 Å². The number of hydrogen-bond donors (Lipinski definition) is 3. The fourth-order valence-corrected chi connectivity index (χ4v) is 4.23. The normalized spacial score (nSPS) is 20.1. The van der Waals surface area contributed by atoms with Crippen molar-refractivity contribution in [2.24, 2.45) is 4.99 Å². The Morgan fingerprint density at radius 2 is 2.03 bits per heavy atom. The monoisotopic (exact) mass is 402 g/mol. The zero-order valence-electron chi connectivity index (χ0n) is 17.5. The molecule has 1 amide bonds. The van der Waals surface area contributed by atoms with Crippen molar-refractivity contribution in [2.45, 2.75) is 44.6 Å². The van der Waals surface area contributed by atoms with Gasteiger partial charge in [0.05, 0.1) is 25.1 Å². The lowest BCUT2D eigenvalue weighted by Gasteiger charge is -2.48. The van der Waals surface area contributed by atoms with Crippen molar-refractivity contribution >= 4 is 17.6 Å². The molecule has 160 valence electrons. The Kier molecular flexibility index (Phi) is 8.25. The van der Waals surface area contributed by atoms with Gasteiger partial charge in [0, 0.05) is 37.9 Å². The van der Waals surface area contributed by atoms with Crippen LogP contribution < -0.4 is 16.0 Å². The number of rotatable bonds is 7. The van der Waals surface area contributed by atoms with E-state index in [9.17, 15) is 4.79 Å². The molecule has 2 aliphatic rings. The second kappa shape index (κ2) is 11.1. The van der Waals surface area contributed by atoms with Gasteiger partial charge >= 0.3 is 0 Å². The number of nitrogens with one attached hydrogen (secondary N) is 3. The van der Waals surface area contributed by atoms with Gasteiger partial charge in [-0.2, -0.15) is 0 Å². The predicted molar refractivity (Wildman–Crippen MR) is 115 cm³/mol. The number of hydrogen-bond acceptors (Lipinski definition) is 5. The molecule has 1 aliphatic carbocycles. The fourth-order valence-electron chi connectivity index (χ4n) is 4.23. The Hall–Kier alpha value is -2.19. The molecular formula is C21H34N6O2. The summed E-state index contributed by atoms with van der Waals surface area (Å²) in [6, 6.07) is 3.60. The van der Waals surface area contributed by atoms with Crippen LogP contribution in [-0.2, 0) is 9.53 Å². The first-order valence-corrected chi connectivity index (χ1v) is 10.8. The molecule has 3 rings (SSSR count). The van der Waals surface area contributed by atoms with Gasteiger partial charge < -0.3 is 20.7 Å². The van der Waals surface area contributed by atoms with Crippen molar-refractivity contribution in [3.63, 3.8) is 0 Å². The van der Waals surface area contributed by atoms with Gasteiger partial charge in [0.2, 0.25) is 5.91 Å². The maximum atomic E-state index is 12.2. The molecular weight excluding hydrogens is 368 g/mol. The number of aliphatic imine (C=N–C) groups is 1. The minimum absolute atomic E-state index is 0.0643. The van der Waals surface area contributed by atoms with Crippen molar-refractivity contribution in [1.82, 2.24) is 20.5 Å². The fraction of sp³-hybridized carbons (Fsp3) is 0.667. The number of nitrogens with zero attached hydrogens (tertiary/aromatic N) is 3. The van der Waals surface area contributed by atoms with Crippen LogP contribution >= 0.6 is 0 Å². The third-order valence-corrected chi connectivity index (χ3v) is 5.72. The highest BCUT2D eigenvalue weighted by atomic mass is 16.5. The van der Waals surface area contributed by atoms with Crippen LogP contribution in [0.3, 0.4) is 0 Å². The molecule has 8 heteroatoms. The summed E-state index contributed by atoms with van der Waals surface area (Å²) in [5, 5.41) is 9.59. The number of aromatic nitrogens is 1. The molecule has 0 bridgehead atoms. The molecule has 0 unspecified atom stereocenters. The maximum Gasteiger partial charge on any atom is 0.246 e. The molecule has 1 aliphatic heterocycles. The van der Waals surface area contributed by atoms with Crippen molar-refractivity contribution in [3.8, 4) is 0 Å². The van der Waals surface area contributed by atoms with Gasteiger partial charge in [0.1, 0.15) is 6.54 Å². The molecule has 1 aromatic rings. The zero-order valence-corrected chi connectivity index (χ0v) is 17.5. The Morgan fingerprint density at radius 3 is 2.72 bits per heavy atom. The number of pyridine rings is 1. The second-order valence-electron chi connectivity index (χ2n) is 7.72. The van der Waals surface area contributed by atoms with E-state index in [-0.39, 0.29) is 18.0 Å². The summed E-state index contributed by atoms with van der Waals surface area (Å²) in [5.41, 5.74) is 0.829. The first kappa shape index (κ1) is 21.5. The van der Waals surface area contributed by atoms with Crippen molar-refractivity contribution in [3.05, 3.63) is 24.5 Å². The van der Waals surface area contributed by atoms with Crippen LogP contribution in [0.5, 0.6) is 0 Å². The number of carbonyl (C=O) groups excluding carboxylic acids is 1. The Bertz CT molecular complexity index is 654. The first-order chi connectivity index (χ1) is 14.2. The third kappa shape index (κ3) is 6.40. The zero-order chi connectivity index (χ0) is 20.4. The Balaban J connectivity index is 1.58. The molecule has 1 saturated heterocycles. The van der Waals surface area contributed by atoms with E-state index in [2.05, 4.69) is 30.8 Å². The number of guanidine groups is 1. The van der Waals surface area contributed by atoms with Crippen LogP contribution in [0.2, 0.25) is 0 Å². The first-order valence-electron chi connectivity index (χ1n) is 10.8. The Morgan fingerprint density at radius 1 is 1.24 bits per heavy atom. The summed E-state index contributed by atoms with van der Waals surface area (Å²) in [6.07, 6.45) is 9.54.